The highest BCUT2D eigenvalue weighted by atomic mass is 19.1. The number of hydrogen-bond donors (Lipinski definition) is 3. The fourth-order valence-electron chi connectivity index (χ4n) is 2.54. The van der Waals surface area contributed by atoms with Gasteiger partial charge in [-0.15, -0.1) is 0 Å². The number of amides is 1. The van der Waals surface area contributed by atoms with Crippen molar-refractivity contribution in [2.75, 3.05) is 10.6 Å². The molecule has 0 saturated carbocycles. The fourth-order valence-corrected chi connectivity index (χ4v) is 2.54. The lowest BCUT2D eigenvalue weighted by molar-refractivity contribution is 0.100. The molecule has 0 fully saturated rings. The Bertz CT molecular complexity index is 1020. The van der Waals surface area contributed by atoms with Crippen LogP contribution in [0.3, 0.4) is 0 Å². The molecule has 2 heterocycles. The smallest absolute Gasteiger partial charge is 0.254 e. The average Bonchev–Trinajstić information content (AvgIpc) is 3.12. The molecule has 28 heavy (non-hydrogen) atoms. The van der Waals surface area contributed by atoms with Gasteiger partial charge >= 0.3 is 0 Å². The summed E-state index contributed by atoms with van der Waals surface area (Å²) < 4.78 is 29.9. The first-order chi connectivity index (χ1) is 13.4. The third kappa shape index (κ3) is 4.05. The average molecular weight is 387 g/mol. The molecule has 1 aromatic carbocycles. The number of hydrogen-bond acceptors (Lipinski definition) is 6. The number of primary amides is 1. The SMILES string of the molecule is CCn1cc(Nc2ncc(C(N)=O)c(NCc3c(F)ccc(C)c3F)n2)cn1. The number of benzene rings is 1. The van der Waals surface area contributed by atoms with E-state index in [2.05, 4.69) is 25.7 Å². The van der Waals surface area contributed by atoms with Crippen molar-refractivity contribution in [3.8, 4) is 0 Å². The minimum Gasteiger partial charge on any atom is -0.365 e. The number of halogens is 2. The van der Waals surface area contributed by atoms with Gasteiger partial charge in [0.1, 0.15) is 17.5 Å². The number of nitrogens with zero attached hydrogens (tertiary/aromatic N) is 4. The number of aryl methyl sites for hydroxylation is 2. The minimum absolute atomic E-state index is 0.00303. The van der Waals surface area contributed by atoms with E-state index >= 15 is 0 Å². The lowest BCUT2D eigenvalue weighted by Crippen LogP contribution is -2.17. The van der Waals surface area contributed by atoms with Crippen LogP contribution in [0.15, 0.2) is 30.7 Å². The van der Waals surface area contributed by atoms with E-state index in [0.717, 1.165) is 0 Å². The van der Waals surface area contributed by atoms with Gasteiger partial charge in [0.25, 0.3) is 5.91 Å². The van der Waals surface area contributed by atoms with E-state index in [1.165, 1.54) is 25.3 Å². The monoisotopic (exact) mass is 387 g/mol. The Balaban J connectivity index is 1.86. The van der Waals surface area contributed by atoms with E-state index in [-0.39, 0.29) is 29.4 Å². The first-order valence-electron chi connectivity index (χ1n) is 8.52. The number of anilines is 3. The van der Waals surface area contributed by atoms with Gasteiger partial charge in [-0.1, -0.05) is 6.07 Å². The Morgan fingerprint density at radius 2 is 2.07 bits per heavy atom. The molecule has 0 bridgehead atoms. The molecular weight excluding hydrogens is 368 g/mol. The Morgan fingerprint density at radius 3 is 2.75 bits per heavy atom. The predicted molar refractivity (Wildman–Crippen MR) is 100 cm³/mol. The lowest BCUT2D eigenvalue weighted by Gasteiger charge is -2.12. The number of carbonyl (C=O) groups excluding carboxylic acids is 1. The van der Waals surface area contributed by atoms with Crippen LogP contribution in [0.4, 0.5) is 26.2 Å². The Hall–Kier alpha value is -3.56. The topological polar surface area (TPSA) is 111 Å². The van der Waals surface area contributed by atoms with Crippen LogP contribution in [-0.4, -0.2) is 25.7 Å². The van der Waals surface area contributed by atoms with Gasteiger partial charge in [-0.3, -0.25) is 9.48 Å². The summed E-state index contributed by atoms with van der Waals surface area (Å²) in [4.78, 5) is 19.9. The largest absolute Gasteiger partial charge is 0.365 e. The molecule has 0 atom stereocenters. The second-order valence-corrected chi connectivity index (χ2v) is 6.04. The third-order valence-corrected chi connectivity index (χ3v) is 4.08. The van der Waals surface area contributed by atoms with Gasteiger partial charge in [-0.2, -0.15) is 10.1 Å². The van der Waals surface area contributed by atoms with Crippen LogP contribution >= 0.6 is 0 Å². The molecular formula is C18H19F2N7O. The van der Waals surface area contributed by atoms with Gasteiger partial charge in [0.15, 0.2) is 0 Å². The van der Waals surface area contributed by atoms with Crippen molar-refractivity contribution >= 4 is 23.4 Å². The number of rotatable bonds is 7. The highest BCUT2D eigenvalue weighted by Gasteiger charge is 2.16. The van der Waals surface area contributed by atoms with E-state index in [9.17, 15) is 13.6 Å². The highest BCUT2D eigenvalue weighted by molar-refractivity contribution is 5.97. The summed E-state index contributed by atoms with van der Waals surface area (Å²) in [6.45, 7) is 3.96. The summed E-state index contributed by atoms with van der Waals surface area (Å²) in [6.07, 6.45) is 4.60. The van der Waals surface area contributed by atoms with Crippen LogP contribution in [0, 0.1) is 18.6 Å². The standard InChI is InChI=1S/C18H19F2N7O/c1-3-27-9-11(6-24-27)25-18-23-8-13(16(21)28)17(26-18)22-7-12-14(19)5-4-10(2)15(12)20/h4-6,8-9H,3,7H2,1-2H3,(H2,21,28)(H2,22,23,25,26). The minimum atomic E-state index is -0.766. The van der Waals surface area contributed by atoms with Gasteiger partial charge < -0.3 is 16.4 Å². The van der Waals surface area contributed by atoms with E-state index in [1.54, 1.807) is 17.1 Å². The maximum Gasteiger partial charge on any atom is 0.254 e. The zero-order valence-electron chi connectivity index (χ0n) is 15.3. The van der Waals surface area contributed by atoms with Crippen molar-refractivity contribution in [3.05, 3.63) is 59.0 Å². The van der Waals surface area contributed by atoms with E-state index in [4.69, 9.17) is 5.73 Å². The molecule has 0 aliphatic rings. The Labute approximate surface area is 159 Å². The second-order valence-electron chi connectivity index (χ2n) is 6.04. The molecule has 2 aromatic heterocycles. The molecule has 1 amide bonds. The van der Waals surface area contributed by atoms with Crippen LogP contribution in [-0.2, 0) is 13.1 Å². The maximum absolute atomic E-state index is 14.2. The van der Waals surface area contributed by atoms with Crippen molar-refractivity contribution in [1.29, 1.82) is 0 Å². The number of carbonyl (C=O) groups is 1. The first-order valence-corrected chi connectivity index (χ1v) is 8.52. The number of nitrogens with two attached hydrogens (primary N) is 1. The summed E-state index contributed by atoms with van der Waals surface area (Å²) in [5.74, 6) is -1.89. The molecule has 0 spiro atoms. The molecule has 146 valence electrons. The van der Waals surface area contributed by atoms with Gasteiger partial charge in [0.2, 0.25) is 5.95 Å². The number of aromatic nitrogens is 4. The lowest BCUT2D eigenvalue weighted by atomic mass is 10.1. The molecule has 0 aliphatic heterocycles. The second kappa shape index (κ2) is 7.99. The van der Waals surface area contributed by atoms with Gasteiger partial charge in [0, 0.05) is 31.0 Å². The number of nitrogens with one attached hydrogen (secondary N) is 2. The third-order valence-electron chi connectivity index (χ3n) is 4.08. The summed E-state index contributed by atoms with van der Waals surface area (Å²) in [5, 5.41) is 9.85. The summed E-state index contributed by atoms with van der Waals surface area (Å²) in [7, 11) is 0. The van der Waals surface area contributed by atoms with Crippen LogP contribution in [0.1, 0.15) is 28.4 Å². The van der Waals surface area contributed by atoms with Crippen molar-refractivity contribution < 1.29 is 13.6 Å². The van der Waals surface area contributed by atoms with E-state index in [1.807, 2.05) is 6.92 Å². The first kappa shape index (κ1) is 19.2. The van der Waals surface area contributed by atoms with E-state index < -0.39 is 17.5 Å². The Kier molecular flexibility index (Phi) is 5.48. The molecule has 3 aromatic rings. The maximum atomic E-state index is 14.2. The van der Waals surface area contributed by atoms with E-state index in [0.29, 0.717) is 17.8 Å². The normalized spacial score (nSPS) is 10.7. The van der Waals surface area contributed by atoms with Crippen LogP contribution < -0.4 is 16.4 Å². The molecule has 0 aliphatic carbocycles. The molecule has 0 saturated heterocycles. The van der Waals surface area contributed by atoms with Crippen molar-refractivity contribution in [2.24, 2.45) is 5.73 Å². The molecule has 10 heteroatoms. The zero-order valence-corrected chi connectivity index (χ0v) is 15.3. The summed E-state index contributed by atoms with van der Waals surface area (Å²) in [5.41, 5.74) is 6.15. The molecule has 4 N–H and O–H groups in total. The zero-order chi connectivity index (χ0) is 20.3. The van der Waals surface area contributed by atoms with Gasteiger partial charge in [0.05, 0.1) is 17.4 Å². The summed E-state index contributed by atoms with van der Waals surface area (Å²) in [6, 6.07) is 2.54. The predicted octanol–water partition coefficient (Wildman–Crippen LogP) is 2.73. The fraction of sp³-hybridized carbons (Fsp3) is 0.222. The van der Waals surface area contributed by atoms with Crippen LogP contribution in [0.25, 0.3) is 0 Å². The van der Waals surface area contributed by atoms with Gasteiger partial charge in [-0.25, -0.2) is 13.8 Å². The van der Waals surface area contributed by atoms with Crippen LogP contribution in [0.2, 0.25) is 0 Å². The van der Waals surface area contributed by atoms with Gasteiger partial charge in [-0.05, 0) is 25.5 Å². The molecule has 8 nitrogen and oxygen atoms in total. The molecule has 0 unspecified atom stereocenters. The Morgan fingerprint density at radius 1 is 1.29 bits per heavy atom. The van der Waals surface area contributed by atoms with Crippen molar-refractivity contribution in [1.82, 2.24) is 19.7 Å². The molecule has 3 rings (SSSR count). The quantitative estimate of drug-likeness (QED) is 0.575. The highest BCUT2D eigenvalue weighted by Crippen LogP contribution is 2.21. The van der Waals surface area contributed by atoms with Crippen molar-refractivity contribution in [3.63, 3.8) is 0 Å². The summed E-state index contributed by atoms with van der Waals surface area (Å²) >= 11 is 0. The van der Waals surface area contributed by atoms with Crippen LogP contribution in [0.5, 0.6) is 0 Å². The van der Waals surface area contributed by atoms with Crippen molar-refractivity contribution in [2.45, 2.75) is 26.9 Å². The molecule has 0 radical (unpaired) electrons.